The van der Waals surface area contributed by atoms with Crippen molar-refractivity contribution in [3.8, 4) is 0 Å². The van der Waals surface area contributed by atoms with Crippen LogP contribution in [0.3, 0.4) is 0 Å². The quantitative estimate of drug-likeness (QED) is 0.792. The van der Waals surface area contributed by atoms with Crippen LogP contribution < -0.4 is 5.32 Å². The highest BCUT2D eigenvalue weighted by Gasteiger charge is 2.05. The molecule has 0 spiro atoms. The van der Waals surface area contributed by atoms with Gasteiger partial charge in [-0.25, -0.2) is 0 Å². The molecule has 0 saturated carbocycles. The predicted molar refractivity (Wildman–Crippen MR) is 79.9 cm³/mol. The van der Waals surface area contributed by atoms with Gasteiger partial charge in [0.2, 0.25) is 0 Å². The summed E-state index contributed by atoms with van der Waals surface area (Å²) in [7, 11) is 0. The van der Waals surface area contributed by atoms with E-state index in [1.165, 1.54) is 10.5 Å². The average Bonchev–Trinajstić information content (AvgIpc) is 2.62. The van der Waals surface area contributed by atoms with Gasteiger partial charge in [0.25, 0.3) is 0 Å². The number of hydrogen-bond acceptors (Lipinski definition) is 2. The molecule has 0 fully saturated rings. The maximum absolute atomic E-state index is 5.94. The molecule has 0 radical (unpaired) electrons. The molecule has 3 heteroatoms. The average molecular weight is 272 g/mol. The Bertz CT molecular complexity index is 366. The Labute approximate surface area is 114 Å². The van der Waals surface area contributed by atoms with Gasteiger partial charge >= 0.3 is 0 Å². The van der Waals surface area contributed by atoms with Crippen molar-refractivity contribution in [2.75, 3.05) is 13.1 Å². The number of halogens is 1. The Kier molecular flexibility index (Phi) is 6.24. The molecule has 0 aliphatic heterocycles. The van der Waals surface area contributed by atoms with E-state index in [9.17, 15) is 0 Å². The lowest BCUT2D eigenvalue weighted by Gasteiger charge is -2.13. The number of rotatable bonds is 6. The summed E-state index contributed by atoms with van der Waals surface area (Å²) in [6.45, 7) is 11.0. The topological polar surface area (TPSA) is 12.0 Å². The summed E-state index contributed by atoms with van der Waals surface area (Å²) in [5.74, 6) is 1.26. The molecular weight excluding hydrogens is 250 g/mol. The Morgan fingerprint density at radius 2 is 2.06 bits per heavy atom. The van der Waals surface area contributed by atoms with Gasteiger partial charge in [0, 0.05) is 11.4 Å². The maximum Gasteiger partial charge on any atom is 0.0934 e. The zero-order valence-corrected chi connectivity index (χ0v) is 12.7. The largest absolute Gasteiger partial charge is 0.313 e. The predicted octanol–water partition coefficient (Wildman–Crippen LogP) is 4.69. The van der Waals surface area contributed by atoms with Crippen LogP contribution in [-0.2, 0) is 0 Å². The second-order valence-electron chi connectivity index (χ2n) is 5.04. The lowest BCUT2D eigenvalue weighted by atomic mass is 10.0. The molecule has 1 aromatic rings. The molecule has 17 heavy (non-hydrogen) atoms. The number of nitrogens with one attached hydrogen (secondary N) is 1. The first-order chi connectivity index (χ1) is 7.99. The van der Waals surface area contributed by atoms with Gasteiger partial charge in [-0.15, -0.1) is 11.3 Å². The maximum atomic E-state index is 5.94. The summed E-state index contributed by atoms with van der Waals surface area (Å²) < 4.78 is 0.856. The fraction of sp³-hybridized carbons (Fsp3) is 0.571. The molecule has 0 atom stereocenters. The van der Waals surface area contributed by atoms with Crippen molar-refractivity contribution in [1.82, 2.24) is 5.32 Å². The van der Waals surface area contributed by atoms with E-state index in [2.05, 4.69) is 45.2 Å². The third kappa shape index (κ3) is 5.71. The molecule has 0 aromatic carbocycles. The van der Waals surface area contributed by atoms with Crippen LogP contribution in [0, 0.1) is 11.8 Å². The minimum atomic E-state index is 0.565. The highest BCUT2D eigenvalue weighted by atomic mass is 35.5. The van der Waals surface area contributed by atoms with E-state index in [1.54, 1.807) is 11.3 Å². The van der Waals surface area contributed by atoms with Crippen LogP contribution in [0.4, 0.5) is 0 Å². The van der Waals surface area contributed by atoms with Gasteiger partial charge in [0.05, 0.1) is 4.34 Å². The van der Waals surface area contributed by atoms with E-state index in [1.807, 2.05) is 6.07 Å². The van der Waals surface area contributed by atoms with Crippen LogP contribution in [-0.4, -0.2) is 13.1 Å². The fourth-order valence-corrected chi connectivity index (χ4v) is 2.55. The molecule has 0 unspecified atom stereocenters. The van der Waals surface area contributed by atoms with Crippen LogP contribution in [0.25, 0.3) is 6.08 Å². The lowest BCUT2D eigenvalue weighted by molar-refractivity contribution is 0.558. The zero-order chi connectivity index (χ0) is 12.8. The summed E-state index contributed by atoms with van der Waals surface area (Å²) in [6.07, 6.45) is 2.26. The van der Waals surface area contributed by atoms with E-state index < -0.39 is 0 Å². The van der Waals surface area contributed by atoms with Gasteiger partial charge in [-0.05, 0) is 36.6 Å². The van der Waals surface area contributed by atoms with Crippen molar-refractivity contribution < 1.29 is 0 Å². The molecule has 0 aliphatic rings. The summed E-state index contributed by atoms with van der Waals surface area (Å²) in [5.41, 5.74) is 1.43. The molecule has 96 valence electrons. The molecule has 0 amide bonds. The van der Waals surface area contributed by atoms with Crippen molar-refractivity contribution in [2.24, 2.45) is 11.8 Å². The van der Waals surface area contributed by atoms with Gasteiger partial charge < -0.3 is 5.32 Å². The van der Waals surface area contributed by atoms with Crippen LogP contribution in [0.1, 0.15) is 32.6 Å². The van der Waals surface area contributed by atoms with Gasteiger partial charge in [0.15, 0.2) is 0 Å². The van der Waals surface area contributed by atoms with Crippen LogP contribution in [0.5, 0.6) is 0 Å². The lowest BCUT2D eigenvalue weighted by Crippen LogP contribution is -2.23. The van der Waals surface area contributed by atoms with Crippen LogP contribution in [0.15, 0.2) is 17.7 Å². The van der Waals surface area contributed by atoms with Gasteiger partial charge in [-0.2, -0.15) is 0 Å². The van der Waals surface area contributed by atoms with Gasteiger partial charge in [-0.3, -0.25) is 0 Å². The number of thiophene rings is 1. The minimum absolute atomic E-state index is 0.565. The highest BCUT2D eigenvalue weighted by Crippen LogP contribution is 2.25. The van der Waals surface area contributed by atoms with E-state index in [0.717, 1.165) is 17.4 Å². The summed E-state index contributed by atoms with van der Waals surface area (Å²) in [5, 5.41) is 3.50. The molecule has 1 aromatic heterocycles. The molecule has 0 saturated heterocycles. The third-order valence-electron chi connectivity index (χ3n) is 2.54. The van der Waals surface area contributed by atoms with E-state index in [0.29, 0.717) is 11.8 Å². The SMILES string of the molecule is CC(C)CNCC(=Cc1ccc(Cl)s1)C(C)C. The van der Waals surface area contributed by atoms with Crippen molar-refractivity contribution in [3.05, 3.63) is 26.9 Å². The first kappa shape index (κ1) is 14.7. The number of hydrogen-bond donors (Lipinski definition) is 1. The van der Waals surface area contributed by atoms with Crippen LogP contribution in [0.2, 0.25) is 4.34 Å². The van der Waals surface area contributed by atoms with Crippen LogP contribution >= 0.6 is 22.9 Å². The summed E-state index contributed by atoms with van der Waals surface area (Å²) in [4.78, 5) is 1.24. The Balaban J connectivity index is 2.62. The Hall–Kier alpha value is -0.310. The molecule has 1 rings (SSSR count). The normalized spacial score (nSPS) is 12.8. The summed E-state index contributed by atoms with van der Waals surface area (Å²) in [6, 6.07) is 4.04. The Morgan fingerprint density at radius 3 is 2.53 bits per heavy atom. The molecule has 1 nitrogen and oxygen atoms in total. The van der Waals surface area contributed by atoms with E-state index in [-0.39, 0.29) is 0 Å². The monoisotopic (exact) mass is 271 g/mol. The van der Waals surface area contributed by atoms with Gasteiger partial charge in [-0.1, -0.05) is 44.9 Å². The third-order valence-corrected chi connectivity index (χ3v) is 3.72. The van der Waals surface area contributed by atoms with Crippen molar-refractivity contribution in [3.63, 3.8) is 0 Å². The smallest absolute Gasteiger partial charge is 0.0934 e. The Morgan fingerprint density at radius 1 is 1.35 bits per heavy atom. The minimum Gasteiger partial charge on any atom is -0.313 e. The van der Waals surface area contributed by atoms with Crippen molar-refractivity contribution in [1.29, 1.82) is 0 Å². The van der Waals surface area contributed by atoms with Gasteiger partial charge in [0.1, 0.15) is 0 Å². The van der Waals surface area contributed by atoms with Crippen molar-refractivity contribution in [2.45, 2.75) is 27.7 Å². The molecule has 1 N–H and O–H groups in total. The summed E-state index contributed by atoms with van der Waals surface area (Å²) >= 11 is 7.58. The molecule has 0 aliphatic carbocycles. The second kappa shape index (κ2) is 7.20. The van der Waals surface area contributed by atoms with E-state index >= 15 is 0 Å². The molecule has 1 heterocycles. The standard InChI is InChI=1S/C14H22ClNS/c1-10(2)8-16-9-12(11(3)4)7-13-5-6-14(15)17-13/h5-7,10-11,16H,8-9H2,1-4H3. The fourth-order valence-electron chi connectivity index (χ4n) is 1.52. The first-order valence-corrected chi connectivity index (χ1v) is 7.35. The zero-order valence-electron chi connectivity index (χ0n) is 11.1. The highest BCUT2D eigenvalue weighted by molar-refractivity contribution is 7.17. The molecule has 0 bridgehead atoms. The van der Waals surface area contributed by atoms with Crippen molar-refractivity contribution >= 4 is 29.0 Å². The first-order valence-electron chi connectivity index (χ1n) is 6.15. The molecular formula is C14H22ClNS. The van der Waals surface area contributed by atoms with E-state index in [4.69, 9.17) is 11.6 Å². The second-order valence-corrected chi connectivity index (χ2v) is 6.79.